The van der Waals surface area contributed by atoms with E-state index in [4.69, 9.17) is 14.5 Å². The van der Waals surface area contributed by atoms with Gasteiger partial charge in [-0.1, -0.05) is 18.2 Å². The van der Waals surface area contributed by atoms with Gasteiger partial charge in [-0.05, 0) is 106 Å². The van der Waals surface area contributed by atoms with Gasteiger partial charge < -0.3 is 19.7 Å². The predicted molar refractivity (Wildman–Crippen MR) is 223 cm³/mol. The van der Waals surface area contributed by atoms with Crippen LogP contribution in [-0.2, 0) is 26.9 Å². The third-order valence-corrected chi connectivity index (χ3v) is 14.5. The van der Waals surface area contributed by atoms with Crippen molar-refractivity contribution >= 4 is 56.5 Å². The van der Waals surface area contributed by atoms with E-state index >= 15 is 0 Å². The SMILES string of the molecule is COc1cc2nc(C3CCC(CN4CCC(OC5CC(Cc6cccc7c6C(=O)N(C6CCC(=O)CC6=O)C7=O)C5)CC4)CC3)sc2cc1NC(=O)c1cccc(C(F)(F)F)n1. The lowest BCUT2D eigenvalue weighted by atomic mass is 9.77. The van der Waals surface area contributed by atoms with Crippen molar-refractivity contribution < 1.29 is 46.6 Å². The van der Waals surface area contributed by atoms with Crippen LogP contribution in [0.3, 0.4) is 0 Å². The van der Waals surface area contributed by atoms with Gasteiger partial charge >= 0.3 is 6.18 Å². The van der Waals surface area contributed by atoms with Gasteiger partial charge in [0, 0.05) is 38.0 Å². The van der Waals surface area contributed by atoms with Crippen molar-refractivity contribution in [2.75, 3.05) is 32.1 Å². The third-order valence-electron chi connectivity index (χ3n) is 13.4. The van der Waals surface area contributed by atoms with E-state index < -0.39 is 35.6 Å². The van der Waals surface area contributed by atoms with E-state index in [-0.39, 0.29) is 48.7 Å². The second kappa shape index (κ2) is 17.2. The van der Waals surface area contributed by atoms with Crippen molar-refractivity contribution in [2.45, 2.75) is 107 Å². The highest BCUT2D eigenvalue weighted by Gasteiger charge is 2.46. The van der Waals surface area contributed by atoms with E-state index in [2.05, 4.69) is 15.2 Å². The molecule has 4 aromatic rings. The molecule has 3 amide bonds. The molecule has 1 saturated heterocycles. The minimum atomic E-state index is -4.66. The van der Waals surface area contributed by atoms with Crippen LogP contribution in [0.2, 0.25) is 0 Å². The number of hydrogen-bond acceptors (Lipinski definition) is 11. The molecule has 0 radical (unpaired) electrons. The number of amides is 3. The Hall–Kier alpha value is -5.06. The fourth-order valence-corrected chi connectivity index (χ4v) is 11.2. The lowest BCUT2D eigenvalue weighted by Gasteiger charge is -2.41. The first-order valence-electron chi connectivity index (χ1n) is 21.6. The molecule has 62 heavy (non-hydrogen) atoms. The molecule has 2 aromatic carbocycles. The molecule has 326 valence electrons. The number of ether oxygens (including phenoxy) is 2. The van der Waals surface area contributed by atoms with Crippen molar-refractivity contribution in [3.63, 3.8) is 0 Å². The summed E-state index contributed by atoms with van der Waals surface area (Å²) in [6, 6.07) is 11.2. The highest BCUT2D eigenvalue weighted by atomic mass is 32.1. The topological polar surface area (TPSA) is 148 Å². The number of thiazole rings is 1. The molecule has 1 unspecified atom stereocenters. The summed E-state index contributed by atoms with van der Waals surface area (Å²) in [6.07, 6.45) is 4.67. The van der Waals surface area contributed by atoms with Crippen molar-refractivity contribution in [3.05, 3.63) is 81.6 Å². The molecule has 0 bridgehead atoms. The number of pyridine rings is 1. The molecule has 1 N–H and O–H groups in total. The fourth-order valence-electron chi connectivity index (χ4n) is 10.00. The average molecular weight is 872 g/mol. The normalized spacial score (nSPS) is 25.0. The Kier molecular flexibility index (Phi) is 11.8. The van der Waals surface area contributed by atoms with E-state index in [1.807, 2.05) is 6.07 Å². The molecule has 2 aromatic heterocycles. The molecule has 1 atom stereocenters. The zero-order valence-corrected chi connectivity index (χ0v) is 35.2. The van der Waals surface area contributed by atoms with E-state index in [0.29, 0.717) is 46.7 Å². The summed E-state index contributed by atoms with van der Waals surface area (Å²) in [5.74, 6) is -0.489. The number of halogens is 3. The number of fused-ring (bicyclic) bond motifs is 2. The summed E-state index contributed by atoms with van der Waals surface area (Å²) in [6.45, 7) is 3.08. The molecular weight excluding hydrogens is 824 g/mol. The molecule has 5 aliphatic rings. The standard InChI is InChI=1S/C46H48F3N5O7S/c1-60-38-22-35-39(23-34(38)51-42(57)33-6-3-7-40(50-33)46(47,48)49)62-43(52-35)27-10-8-25(9-11-27)24-53-16-14-30(15-17-53)61-31-19-26(20-31)18-28-4-2-5-32-41(28)45(59)54(44(32)58)36-13-12-29(55)21-37(36)56/h2-7,22-23,25-27,30-31,36H,8-21,24H2,1H3,(H,51,57). The van der Waals surface area contributed by atoms with E-state index in [1.54, 1.807) is 35.6 Å². The molecule has 2 aliphatic heterocycles. The number of alkyl halides is 3. The van der Waals surface area contributed by atoms with Crippen LogP contribution in [0.25, 0.3) is 10.2 Å². The molecule has 4 heterocycles. The zero-order chi connectivity index (χ0) is 43.3. The number of rotatable bonds is 11. The van der Waals surface area contributed by atoms with Crippen molar-refractivity contribution in [2.24, 2.45) is 11.8 Å². The molecule has 0 spiro atoms. The molecule has 9 rings (SSSR count). The van der Waals surface area contributed by atoms with Crippen molar-refractivity contribution in [3.8, 4) is 5.75 Å². The monoisotopic (exact) mass is 871 g/mol. The molecule has 16 heteroatoms. The number of hydrogen-bond donors (Lipinski definition) is 1. The Morgan fingerprint density at radius 3 is 2.37 bits per heavy atom. The lowest BCUT2D eigenvalue weighted by molar-refractivity contribution is -0.141. The number of aromatic nitrogens is 2. The summed E-state index contributed by atoms with van der Waals surface area (Å²) in [5, 5.41) is 3.71. The third kappa shape index (κ3) is 8.65. The maximum Gasteiger partial charge on any atom is 0.433 e. The summed E-state index contributed by atoms with van der Waals surface area (Å²) in [4.78, 5) is 76.2. The van der Waals surface area contributed by atoms with E-state index in [9.17, 15) is 37.1 Å². The maximum absolute atomic E-state index is 13.5. The second-order valence-electron chi connectivity index (χ2n) is 17.5. The Labute approximate surface area is 360 Å². The van der Waals surface area contributed by atoms with Crippen LogP contribution in [0.1, 0.15) is 124 Å². The average Bonchev–Trinajstić information content (AvgIpc) is 3.77. The zero-order valence-electron chi connectivity index (χ0n) is 34.4. The van der Waals surface area contributed by atoms with Crippen LogP contribution in [0.15, 0.2) is 48.5 Å². The number of carbonyl (C=O) groups excluding carboxylic acids is 5. The largest absolute Gasteiger partial charge is 0.494 e. The minimum Gasteiger partial charge on any atom is -0.494 e. The first-order chi connectivity index (χ1) is 29.8. The number of anilines is 1. The van der Waals surface area contributed by atoms with Gasteiger partial charge in [-0.3, -0.25) is 28.9 Å². The van der Waals surface area contributed by atoms with Crippen molar-refractivity contribution in [1.82, 2.24) is 19.8 Å². The van der Waals surface area contributed by atoms with Crippen LogP contribution in [0, 0.1) is 11.8 Å². The molecular formula is C46H48F3N5O7S. The Morgan fingerprint density at radius 2 is 1.65 bits per heavy atom. The number of nitrogens with zero attached hydrogens (tertiary/aromatic N) is 4. The number of likely N-dealkylation sites (tertiary alicyclic amines) is 1. The summed E-state index contributed by atoms with van der Waals surface area (Å²) in [7, 11) is 1.46. The minimum absolute atomic E-state index is 0.147. The number of carbonyl (C=O) groups is 5. The van der Waals surface area contributed by atoms with Gasteiger partial charge in [0.1, 0.15) is 22.9 Å². The number of methoxy groups -OCH3 is 1. The van der Waals surface area contributed by atoms with Crippen molar-refractivity contribution in [1.29, 1.82) is 0 Å². The van der Waals surface area contributed by atoms with Gasteiger partial charge in [0.2, 0.25) is 0 Å². The maximum atomic E-state index is 13.5. The van der Waals surface area contributed by atoms with E-state index in [0.717, 1.165) is 109 Å². The highest BCUT2D eigenvalue weighted by molar-refractivity contribution is 7.18. The summed E-state index contributed by atoms with van der Waals surface area (Å²) < 4.78 is 52.5. The summed E-state index contributed by atoms with van der Waals surface area (Å²) >= 11 is 1.57. The van der Waals surface area contributed by atoms with Gasteiger partial charge in [0.25, 0.3) is 17.7 Å². The van der Waals surface area contributed by atoms with Gasteiger partial charge in [-0.15, -0.1) is 11.3 Å². The number of Topliss-reactive ketones (excluding diaryl/α,β-unsaturated/α-hetero) is 2. The van der Waals surface area contributed by atoms with Crippen LogP contribution < -0.4 is 10.1 Å². The van der Waals surface area contributed by atoms with Gasteiger partial charge in [0.05, 0.1) is 63.8 Å². The molecule has 12 nitrogen and oxygen atoms in total. The van der Waals surface area contributed by atoms with Gasteiger partial charge in [-0.25, -0.2) is 9.97 Å². The smallest absolute Gasteiger partial charge is 0.433 e. The lowest BCUT2D eigenvalue weighted by Crippen LogP contribution is -2.47. The van der Waals surface area contributed by atoms with Gasteiger partial charge in [-0.2, -0.15) is 13.2 Å². The predicted octanol–water partition coefficient (Wildman–Crippen LogP) is 8.03. The highest BCUT2D eigenvalue weighted by Crippen LogP contribution is 2.42. The molecule has 3 saturated carbocycles. The number of piperidine rings is 1. The van der Waals surface area contributed by atoms with Gasteiger partial charge in [0.15, 0.2) is 5.78 Å². The Balaban J connectivity index is 0.713. The Morgan fingerprint density at radius 1 is 0.887 bits per heavy atom. The summed E-state index contributed by atoms with van der Waals surface area (Å²) in [5.41, 5.74) is 1.19. The fraction of sp³-hybridized carbons (Fsp3) is 0.500. The van der Waals surface area contributed by atoms with Crippen LogP contribution in [-0.4, -0.2) is 94.0 Å². The quantitative estimate of drug-likeness (QED) is 0.116. The number of ketones is 2. The van der Waals surface area contributed by atoms with Crippen LogP contribution in [0.5, 0.6) is 5.75 Å². The second-order valence-corrected chi connectivity index (χ2v) is 18.6. The molecule has 4 fully saturated rings. The number of nitrogens with one attached hydrogen (secondary N) is 1. The molecule has 3 aliphatic carbocycles. The van der Waals surface area contributed by atoms with E-state index in [1.165, 1.54) is 13.2 Å². The van der Waals surface area contributed by atoms with Crippen LogP contribution in [0.4, 0.5) is 18.9 Å². The first-order valence-corrected chi connectivity index (χ1v) is 22.4. The first kappa shape index (κ1) is 42.3. The number of benzene rings is 2. The Bertz CT molecular complexity index is 2420. The number of imide groups is 1. The van der Waals surface area contributed by atoms with Crippen LogP contribution >= 0.6 is 11.3 Å².